The summed E-state index contributed by atoms with van der Waals surface area (Å²) in [5.74, 6) is 0. The van der Waals surface area contributed by atoms with Gasteiger partial charge in [0, 0.05) is 12.1 Å². The molecule has 1 saturated heterocycles. The first-order chi connectivity index (χ1) is 4.84. The van der Waals surface area contributed by atoms with E-state index in [4.69, 9.17) is 0 Å². The lowest BCUT2D eigenvalue weighted by Crippen LogP contribution is -2.44. The number of hydrogen-bond donors (Lipinski definition) is 1. The van der Waals surface area contributed by atoms with Crippen molar-refractivity contribution in [1.29, 1.82) is 0 Å². The summed E-state index contributed by atoms with van der Waals surface area (Å²) < 4.78 is 0. The summed E-state index contributed by atoms with van der Waals surface area (Å²) in [6, 6.07) is 1.52. The summed E-state index contributed by atoms with van der Waals surface area (Å²) in [4.78, 5) is 0. The van der Waals surface area contributed by atoms with Crippen LogP contribution >= 0.6 is 12.4 Å². The number of piperidine rings is 1. The fraction of sp³-hybridized carbons (Fsp3) is 0.778. The standard InChI is InChI=1S/C9H15N.ClH/c1-7-5-8-3-2-4-9(6-7)10-8;/h5,8-10H,2-4,6H2,1H3;1H. The predicted molar refractivity (Wildman–Crippen MR) is 50.2 cm³/mol. The largest absolute Gasteiger partial charge is 0.307 e. The van der Waals surface area contributed by atoms with Crippen LogP contribution in [-0.2, 0) is 0 Å². The Morgan fingerprint density at radius 1 is 1.45 bits per heavy atom. The van der Waals surface area contributed by atoms with Crippen LogP contribution in [0, 0.1) is 0 Å². The molecule has 2 aliphatic heterocycles. The quantitative estimate of drug-likeness (QED) is 0.555. The molecule has 0 spiro atoms. The van der Waals surface area contributed by atoms with Crippen molar-refractivity contribution in [2.45, 2.75) is 44.7 Å². The van der Waals surface area contributed by atoms with E-state index >= 15 is 0 Å². The number of nitrogens with one attached hydrogen (secondary N) is 1. The third-order valence-corrected chi connectivity index (χ3v) is 2.57. The highest BCUT2D eigenvalue weighted by molar-refractivity contribution is 5.85. The first kappa shape index (κ1) is 9.08. The van der Waals surface area contributed by atoms with E-state index in [0.29, 0.717) is 6.04 Å². The van der Waals surface area contributed by atoms with E-state index in [0.717, 1.165) is 6.04 Å². The average molecular weight is 174 g/mol. The molecule has 2 rings (SSSR count). The average Bonchev–Trinajstić information content (AvgIpc) is 1.85. The van der Waals surface area contributed by atoms with Crippen LogP contribution in [0.2, 0.25) is 0 Å². The Bertz CT molecular complexity index is 165. The van der Waals surface area contributed by atoms with E-state index in [2.05, 4.69) is 18.3 Å². The summed E-state index contributed by atoms with van der Waals surface area (Å²) >= 11 is 0. The minimum atomic E-state index is 0. The summed E-state index contributed by atoms with van der Waals surface area (Å²) in [6.45, 7) is 2.26. The first-order valence-electron chi connectivity index (χ1n) is 4.28. The van der Waals surface area contributed by atoms with Crippen LogP contribution in [0.15, 0.2) is 11.6 Å². The Balaban J connectivity index is 0.000000605. The molecule has 2 unspecified atom stereocenters. The van der Waals surface area contributed by atoms with Gasteiger partial charge in [0.25, 0.3) is 0 Å². The third-order valence-electron chi connectivity index (χ3n) is 2.57. The Labute approximate surface area is 74.7 Å². The SMILES string of the molecule is CC1=CC2CCCC(C1)N2.Cl. The van der Waals surface area contributed by atoms with Crippen LogP contribution in [0.3, 0.4) is 0 Å². The molecule has 1 fully saturated rings. The highest BCUT2D eigenvalue weighted by Crippen LogP contribution is 2.24. The number of halogens is 1. The molecule has 2 bridgehead atoms. The van der Waals surface area contributed by atoms with Gasteiger partial charge in [-0.25, -0.2) is 0 Å². The van der Waals surface area contributed by atoms with Crippen LogP contribution in [0.5, 0.6) is 0 Å². The molecule has 0 radical (unpaired) electrons. The molecule has 1 nitrogen and oxygen atoms in total. The fourth-order valence-corrected chi connectivity index (χ4v) is 2.15. The Kier molecular flexibility index (Phi) is 2.97. The molecule has 1 N–H and O–H groups in total. The van der Waals surface area contributed by atoms with E-state index in [1.807, 2.05) is 0 Å². The highest BCUT2D eigenvalue weighted by atomic mass is 35.5. The van der Waals surface area contributed by atoms with Gasteiger partial charge in [-0.2, -0.15) is 0 Å². The lowest BCUT2D eigenvalue weighted by molar-refractivity contribution is 0.335. The number of rotatable bonds is 0. The summed E-state index contributed by atoms with van der Waals surface area (Å²) in [7, 11) is 0. The van der Waals surface area contributed by atoms with Crippen LogP contribution in [-0.4, -0.2) is 12.1 Å². The summed E-state index contributed by atoms with van der Waals surface area (Å²) in [5.41, 5.74) is 1.59. The topological polar surface area (TPSA) is 12.0 Å². The van der Waals surface area contributed by atoms with Crippen molar-refractivity contribution < 1.29 is 0 Å². The van der Waals surface area contributed by atoms with E-state index in [-0.39, 0.29) is 12.4 Å². The van der Waals surface area contributed by atoms with Crippen molar-refractivity contribution in [3.8, 4) is 0 Å². The highest BCUT2D eigenvalue weighted by Gasteiger charge is 2.23. The predicted octanol–water partition coefficient (Wildman–Crippen LogP) is 2.27. The zero-order chi connectivity index (χ0) is 6.97. The molecule has 2 aliphatic rings. The molecule has 0 aromatic carbocycles. The van der Waals surface area contributed by atoms with Gasteiger partial charge in [0.1, 0.15) is 0 Å². The molecular weight excluding hydrogens is 158 g/mol. The van der Waals surface area contributed by atoms with Crippen molar-refractivity contribution in [1.82, 2.24) is 5.32 Å². The second-order valence-corrected chi connectivity index (χ2v) is 3.62. The van der Waals surface area contributed by atoms with Gasteiger partial charge >= 0.3 is 0 Å². The van der Waals surface area contributed by atoms with Gasteiger partial charge in [-0.15, -0.1) is 12.4 Å². The second kappa shape index (κ2) is 3.59. The molecule has 11 heavy (non-hydrogen) atoms. The van der Waals surface area contributed by atoms with Gasteiger partial charge < -0.3 is 5.32 Å². The summed E-state index contributed by atoms with van der Waals surface area (Å²) in [6.07, 6.45) is 7.85. The Morgan fingerprint density at radius 2 is 2.27 bits per heavy atom. The number of hydrogen-bond acceptors (Lipinski definition) is 1. The van der Waals surface area contributed by atoms with Gasteiger partial charge in [0.05, 0.1) is 0 Å². The first-order valence-corrected chi connectivity index (χ1v) is 4.28. The maximum atomic E-state index is 3.61. The minimum Gasteiger partial charge on any atom is -0.307 e. The van der Waals surface area contributed by atoms with Gasteiger partial charge in [0.2, 0.25) is 0 Å². The van der Waals surface area contributed by atoms with E-state index in [9.17, 15) is 0 Å². The molecule has 0 aromatic heterocycles. The van der Waals surface area contributed by atoms with Crippen molar-refractivity contribution in [3.63, 3.8) is 0 Å². The third kappa shape index (κ3) is 1.97. The monoisotopic (exact) mass is 173 g/mol. The molecule has 64 valence electrons. The maximum absolute atomic E-state index is 3.61. The summed E-state index contributed by atoms with van der Waals surface area (Å²) in [5, 5.41) is 3.61. The van der Waals surface area contributed by atoms with Crippen molar-refractivity contribution in [2.24, 2.45) is 0 Å². The molecule has 2 heterocycles. The molecular formula is C9H16ClN. The smallest absolute Gasteiger partial charge is 0.0255 e. The van der Waals surface area contributed by atoms with Crippen LogP contribution in [0.4, 0.5) is 0 Å². The molecule has 0 aliphatic carbocycles. The van der Waals surface area contributed by atoms with Crippen molar-refractivity contribution >= 4 is 12.4 Å². The van der Waals surface area contributed by atoms with Crippen LogP contribution in [0.25, 0.3) is 0 Å². The van der Waals surface area contributed by atoms with Gasteiger partial charge in [-0.3, -0.25) is 0 Å². The van der Waals surface area contributed by atoms with Gasteiger partial charge in [0.15, 0.2) is 0 Å². The van der Waals surface area contributed by atoms with Crippen LogP contribution in [0.1, 0.15) is 32.6 Å². The second-order valence-electron chi connectivity index (χ2n) is 3.62. The van der Waals surface area contributed by atoms with Crippen molar-refractivity contribution in [2.75, 3.05) is 0 Å². The van der Waals surface area contributed by atoms with E-state index < -0.39 is 0 Å². The van der Waals surface area contributed by atoms with Gasteiger partial charge in [-0.05, 0) is 26.2 Å². The molecule has 0 amide bonds. The number of fused-ring (bicyclic) bond motifs is 2. The van der Waals surface area contributed by atoms with Gasteiger partial charge in [-0.1, -0.05) is 18.1 Å². The Hall–Kier alpha value is -0.0100. The Morgan fingerprint density at radius 3 is 3.00 bits per heavy atom. The van der Waals surface area contributed by atoms with E-state index in [1.165, 1.54) is 25.7 Å². The normalized spacial score (nSPS) is 35.5. The fourth-order valence-electron chi connectivity index (χ4n) is 2.15. The molecule has 2 heteroatoms. The lowest BCUT2D eigenvalue weighted by Gasteiger charge is -2.34. The van der Waals surface area contributed by atoms with Crippen molar-refractivity contribution in [3.05, 3.63) is 11.6 Å². The molecule has 0 saturated carbocycles. The zero-order valence-corrected chi connectivity index (χ0v) is 7.79. The molecule has 2 atom stereocenters. The minimum absolute atomic E-state index is 0. The van der Waals surface area contributed by atoms with Crippen LogP contribution < -0.4 is 5.32 Å². The molecule has 0 aromatic rings. The lowest BCUT2D eigenvalue weighted by atomic mass is 9.88. The zero-order valence-electron chi connectivity index (χ0n) is 6.97. The van der Waals surface area contributed by atoms with E-state index in [1.54, 1.807) is 5.57 Å². The maximum Gasteiger partial charge on any atom is 0.0255 e.